The number of benzene rings is 1. The quantitative estimate of drug-likeness (QED) is 0.802. The summed E-state index contributed by atoms with van der Waals surface area (Å²) in [6.45, 7) is 0.965. The molecule has 0 bridgehead atoms. The minimum absolute atomic E-state index is 0.255. The van der Waals surface area contributed by atoms with Crippen LogP contribution in [-0.4, -0.2) is 40.5 Å². The molecule has 6 heteroatoms. The van der Waals surface area contributed by atoms with Gasteiger partial charge in [-0.05, 0) is 54.5 Å². The Bertz CT molecular complexity index is 830. The SMILES string of the molecule is Nc1nc(N[C@H]2CC[C@@H](CO)C2)c2ccc(C3=CC=NC3)cc2n1. The number of nitrogen functional groups attached to an aromatic ring is 1. The van der Waals surface area contributed by atoms with Crippen molar-refractivity contribution in [1.82, 2.24) is 9.97 Å². The molecule has 1 aliphatic carbocycles. The van der Waals surface area contributed by atoms with E-state index in [0.29, 0.717) is 18.5 Å². The van der Waals surface area contributed by atoms with Gasteiger partial charge in [0.25, 0.3) is 0 Å². The number of fused-ring (bicyclic) bond motifs is 1. The Morgan fingerprint density at radius 3 is 2.92 bits per heavy atom. The Hall–Kier alpha value is -2.47. The standard InChI is InChI=1S/C18H21N5O/c19-18-22-16-8-12(13-5-6-20-9-13)2-4-15(16)17(23-18)21-14-3-1-11(7-14)10-24/h2,4-6,8,11,14,24H,1,3,7,9-10H2,(H3,19,21,22,23)/t11-,14+/m1/s1. The summed E-state index contributed by atoms with van der Waals surface area (Å²) in [6.07, 6.45) is 6.91. The summed E-state index contributed by atoms with van der Waals surface area (Å²) >= 11 is 0. The number of aromatic nitrogens is 2. The monoisotopic (exact) mass is 323 g/mol. The minimum Gasteiger partial charge on any atom is -0.396 e. The average Bonchev–Trinajstić information content (AvgIpc) is 3.25. The second-order valence-electron chi connectivity index (χ2n) is 6.55. The molecule has 24 heavy (non-hydrogen) atoms. The second-order valence-corrected chi connectivity index (χ2v) is 6.55. The molecule has 0 amide bonds. The van der Waals surface area contributed by atoms with E-state index in [0.717, 1.165) is 41.5 Å². The molecule has 1 saturated carbocycles. The highest BCUT2D eigenvalue weighted by Crippen LogP contribution is 2.31. The fourth-order valence-corrected chi connectivity index (χ4v) is 3.56. The van der Waals surface area contributed by atoms with Gasteiger partial charge in [-0.2, -0.15) is 4.98 Å². The van der Waals surface area contributed by atoms with Gasteiger partial charge in [-0.25, -0.2) is 4.98 Å². The molecule has 6 nitrogen and oxygen atoms in total. The molecule has 1 fully saturated rings. The van der Waals surface area contributed by atoms with Gasteiger partial charge >= 0.3 is 0 Å². The first-order valence-corrected chi connectivity index (χ1v) is 8.37. The normalized spacial score (nSPS) is 23.0. The van der Waals surface area contributed by atoms with Gasteiger partial charge in [-0.1, -0.05) is 6.07 Å². The van der Waals surface area contributed by atoms with Crippen LogP contribution in [0.3, 0.4) is 0 Å². The lowest BCUT2D eigenvalue weighted by Gasteiger charge is -2.16. The van der Waals surface area contributed by atoms with Gasteiger partial charge in [-0.15, -0.1) is 0 Å². The molecular formula is C18H21N5O. The fraction of sp³-hybridized carbons (Fsp3) is 0.389. The highest BCUT2D eigenvalue weighted by molar-refractivity contribution is 5.95. The van der Waals surface area contributed by atoms with Gasteiger partial charge in [-0.3, -0.25) is 4.99 Å². The zero-order valence-corrected chi connectivity index (χ0v) is 13.4. The summed E-state index contributed by atoms with van der Waals surface area (Å²) in [5.41, 5.74) is 9.06. The number of anilines is 2. The topological polar surface area (TPSA) is 96.4 Å². The molecule has 1 aromatic carbocycles. The number of hydrogen-bond acceptors (Lipinski definition) is 6. The van der Waals surface area contributed by atoms with E-state index in [1.54, 1.807) is 0 Å². The summed E-state index contributed by atoms with van der Waals surface area (Å²) in [6, 6.07) is 6.50. The van der Waals surface area contributed by atoms with Gasteiger partial charge < -0.3 is 16.2 Å². The highest BCUT2D eigenvalue weighted by atomic mass is 16.3. The summed E-state index contributed by atoms with van der Waals surface area (Å²) < 4.78 is 0. The summed E-state index contributed by atoms with van der Waals surface area (Å²) in [4.78, 5) is 13.0. The van der Waals surface area contributed by atoms with Crippen molar-refractivity contribution < 1.29 is 5.11 Å². The van der Waals surface area contributed by atoms with E-state index >= 15 is 0 Å². The first-order valence-electron chi connectivity index (χ1n) is 8.37. The average molecular weight is 323 g/mol. The third kappa shape index (κ3) is 2.85. The van der Waals surface area contributed by atoms with Crippen LogP contribution in [-0.2, 0) is 0 Å². The minimum atomic E-state index is 0.255. The number of nitrogens with one attached hydrogen (secondary N) is 1. The van der Waals surface area contributed by atoms with Crippen molar-refractivity contribution in [3.8, 4) is 0 Å². The van der Waals surface area contributed by atoms with Gasteiger partial charge in [0.2, 0.25) is 5.95 Å². The molecule has 0 spiro atoms. The van der Waals surface area contributed by atoms with E-state index < -0.39 is 0 Å². The molecular weight excluding hydrogens is 302 g/mol. The van der Waals surface area contributed by atoms with E-state index in [1.165, 1.54) is 5.57 Å². The molecule has 1 aromatic heterocycles. The van der Waals surface area contributed by atoms with Crippen LogP contribution in [0.1, 0.15) is 24.8 Å². The van der Waals surface area contributed by atoms with Gasteiger partial charge in [0.1, 0.15) is 5.82 Å². The van der Waals surface area contributed by atoms with Gasteiger partial charge in [0, 0.05) is 24.2 Å². The predicted molar refractivity (Wildman–Crippen MR) is 97.1 cm³/mol. The molecule has 2 aliphatic rings. The third-order valence-electron chi connectivity index (χ3n) is 4.87. The molecule has 4 N–H and O–H groups in total. The Kier molecular flexibility index (Phi) is 3.90. The molecule has 0 unspecified atom stereocenters. The van der Waals surface area contributed by atoms with E-state index in [2.05, 4.69) is 26.3 Å². The molecule has 0 radical (unpaired) electrons. The van der Waals surface area contributed by atoms with E-state index in [4.69, 9.17) is 5.73 Å². The maximum Gasteiger partial charge on any atom is 0.222 e. The summed E-state index contributed by atoms with van der Waals surface area (Å²) in [5.74, 6) is 1.44. The van der Waals surface area contributed by atoms with Crippen molar-refractivity contribution in [2.24, 2.45) is 10.9 Å². The number of aliphatic hydroxyl groups excluding tert-OH is 1. The van der Waals surface area contributed by atoms with Crippen molar-refractivity contribution in [2.45, 2.75) is 25.3 Å². The smallest absolute Gasteiger partial charge is 0.222 e. The zero-order chi connectivity index (χ0) is 16.5. The first-order chi connectivity index (χ1) is 11.7. The van der Waals surface area contributed by atoms with E-state index in [-0.39, 0.29) is 12.6 Å². The van der Waals surface area contributed by atoms with E-state index in [9.17, 15) is 5.11 Å². The van der Waals surface area contributed by atoms with Crippen LogP contribution in [0, 0.1) is 5.92 Å². The summed E-state index contributed by atoms with van der Waals surface area (Å²) in [7, 11) is 0. The van der Waals surface area contributed by atoms with Crippen LogP contribution in [0.2, 0.25) is 0 Å². The molecule has 2 atom stereocenters. The molecule has 4 rings (SSSR count). The van der Waals surface area contributed by atoms with E-state index in [1.807, 2.05) is 24.4 Å². The molecule has 1 aliphatic heterocycles. The zero-order valence-electron chi connectivity index (χ0n) is 13.4. The lowest BCUT2D eigenvalue weighted by molar-refractivity contribution is 0.229. The Labute approximate surface area is 140 Å². The van der Waals surface area contributed by atoms with Crippen molar-refractivity contribution in [2.75, 3.05) is 24.2 Å². The Morgan fingerprint density at radius 1 is 1.25 bits per heavy atom. The number of nitrogens with zero attached hydrogens (tertiary/aromatic N) is 3. The van der Waals surface area contributed by atoms with Crippen LogP contribution in [0.4, 0.5) is 11.8 Å². The van der Waals surface area contributed by atoms with Gasteiger partial charge in [0.15, 0.2) is 0 Å². The Balaban J connectivity index is 1.65. The van der Waals surface area contributed by atoms with Crippen LogP contribution >= 0.6 is 0 Å². The molecule has 2 heterocycles. The number of aliphatic hydroxyl groups is 1. The maximum absolute atomic E-state index is 9.31. The molecule has 124 valence electrons. The molecule has 0 saturated heterocycles. The third-order valence-corrected chi connectivity index (χ3v) is 4.87. The largest absolute Gasteiger partial charge is 0.396 e. The Morgan fingerprint density at radius 2 is 2.17 bits per heavy atom. The van der Waals surface area contributed by atoms with Crippen LogP contribution in [0.25, 0.3) is 16.5 Å². The highest BCUT2D eigenvalue weighted by Gasteiger charge is 2.24. The van der Waals surface area contributed by atoms with Crippen molar-refractivity contribution in [1.29, 1.82) is 0 Å². The first kappa shape index (κ1) is 15.1. The number of rotatable bonds is 4. The number of allylic oxidation sites excluding steroid dienone is 1. The van der Waals surface area contributed by atoms with Crippen LogP contribution < -0.4 is 11.1 Å². The van der Waals surface area contributed by atoms with Crippen molar-refractivity contribution in [3.63, 3.8) is 0 Å². The lowest BCUT2D eigenvalue weighted by atomic mass is 10.0. The summed E-state index contributed by atoms with van der Waals surface area (Å²) in [5, 5.41) is 13.8. The van der Waals surface area contributed by atoms with Crippen molar-refractivity contribution >= 4 is 34.5 Å². The predicted octanol–water partition coefficient (Wildman–Crippen LogP) is 2.25. The number of nitrogens with two attached hydrogens (primary N) is 1. The second kappa shape index (κ2) is 6.20. The lowest BCUT2D eigenvalue weighted by Crippen LogP contribution is -2.18. The van der Waals surface area contributed by atoms with Crippen LogP contribution in [0.5, 0.6) is 0 Å². The fourth-order valence-electron chi connectivity index (χ4n) is 3.56. The molecule has 2 aromatic rings. The number of aliphatic imine (C=N–C) groups is 1. The van der Waals surface area contributed by atoms with Crippen LogP contribution in [0.15, 0.2) is 29.3 Å². The van der Waals surface area contributed by atoms with Gasteiger partial charge in [0.05, 0.1) is 12.1 Å². The van der Waals surface area contributed by atoms with Crippen molar-refractivity contribution in [3.05, 3.63) is 29.8 Å². The number of hydrogen-bond donors (Lipinski definition) is 3. The maximum atomic E-state index is 9.31.